The highest BCUT2D eigenvalue weighted by Crippen LogP contribution is 2.37. The summed E-state index contributed by atoms with van der Waals surface area (Å²) in [6, 6.07) is 1.08. The number of amides is 1. The summed E-state index contributed by atoms with van der Waals surface area (Å²) in [4.78, 5) is 15.1. The highest BCUT2D eigenvalue weighted by atomic mass is 16.3. The van der Waals surface area contributed by atoms with Gasteiger partial charge in [-0.05, 0) is 50.9 Å². The van der Waals surface area contributed by atoms with Crippen LogP contribution in [-0.4, -0.2) is 46.2 Å². The predicted octanol–water partition coefficient (Wildman–Crippen LogP) is 2.30. The summed E-state index contributed by atoms with van der Waals surface area (Å²) in [5.41, 5.74) is 0. The molecule has 0 aromatic rings. The third-order valence-corrected chi connectivity index (χ3v) is 6.63. The van der Waals surface area contributed by atoms with Crippen LogP contribution in [0.1, 0.15) is 65.7 Å². The van der Waals surface area contributed by atoms with E-state index >= 15 is 0 Å². The van der Waals surface area contributed by atoms with E-state index in [0.29, 0.717) is 30.0 Å². The zero-order valence-electron chi connectivity index (χ0n) is 14.3. The predicted molar refractivity (Wildman–Crippen MR) is 87.5 cm³/mol. The molecule has 3 fully saturated rings. The van der Waals surface area contributed by atoms with E-state index in [-0.39, 0.29) is 18.1 Å². The van der Waals surface area contributed by atoms with Crippen molar-refractivity contribution in [3.05, 3.63) is 0 Å². The van der Waals surface area contributed by atoms with Crippen molar-refractivity contribution in [1.29, 1.82) is 0 Å². The van der Waals surface area contributed by atoms with Gasteiger partial charge < -0.3 is 10.4 Å². The van der Waals surface area contributed by atoms with Gasteiger partial charge in [-0.1, -0.05) is 26.7 Å². The molecule has 126 valence electrons. The molecule has 0 aromatic heterocycles. The zero-order valence-corrected chi connectivity index (χ0v) is 14.3. The summed E-state index contributed by atoms with van der Waals surface area (Å²) in [6.45, 7) is 6.63. The fourth-order valence-electron chi connectivity index (χ4n) is 5.04. The lowest BCUT2D eigenvalue weighted by atomic mass is 9.78. The molecule has 3 aliphatic rings. The van der Waals surface area contributed by atoms with Gasteiger partial charge in [-0.2, -0.15) is 0 Å². The van der Waals surface area contributed by atoms with Gasteiger partial charge in [0, 0.05) is 18.1 Å². The van der Waals surface area contributed by atoms with Crippen molar-refractivity contribution in [1.82, 2.24) is 10.2 Å². The Balaban J connectivity index is 1.60. The first-order valence-electron chi connectivity index (χ1n) is 9.23. The number of carbonyl (C=O) groups excluding carboxylic acids is 1. The number of aliphatic hydroxyl groups is 1. The van der Waals surface area contributed by atoms with Crippen LogP contribution in [0.2, 0.25) is 0 Å². The number of nitrogens with zero attached hydrogens (tertiary/aromatic N) is 1. The Hall–Kier alpha value is -0.610. The van der Waals surface area contributed by atoms with E-state index in [1.807, 2.05) is 0 Å². The number of hydrogen-bond donors (Lipinski definition) is 2. The minimum Gasteiger partial charge on any atom is -0.393 e. The Bertz CT molecular complexity index is 400. The molecule has 2 bridgehead atoms. The first-order valence-corrected chi connectivity index (χ1v) is 9.23. The fraction of sp³-hybridized carbons (Fsp3) is 0.944. The van der Waals surface area contributed by atoms with Crippen molar-refractivity contribution in [3.8, 4) is 0 Å². The van der Waals surface area contributed by atoms with Gasteiger partial charge in [0.15, 0.2) is 0 Å². The van der Waals surface area contributed by atoms with Crippen LogP contribution in [-0.2, 0) is 4.79 Å². The number of carbonyl (C=O) groups is 1. The van der Waals surface area contributed by atoms with Crippen LogP contribution >= 0.6 is 0 Å². The summed E-state index contributed by atoms with van der Waals surface area (Å²) < 4.78 is 0. The van der Waals surface area contributed by atoms with Crippen molar-refractivity contribution in [3.63, 3.8) is 0 Å². The van der Waals surface area contributed by atoms with E-state index in [1.165, 1.54) is 12.8 Å². The SMILES string of the molecule is C[C@@H]1[C@H](C)CCC[C@@H]1NC(=O)[C@@H](C)N1[C@H]2CC[C@H]1CC(O)C2. The largest absolute Gasteiger partial charge is 0.393 e. The Morgan fingerprint density at radius 1 is 1.14 bits per heavy atom. The molecule has 4 nitrogen and oxygen atoms in total. The molecule has 22 heavy (non-hydrogen) atoms. The fourth-order valence-corrected chi connectivity index (χ4v) is 5.04. The van der Waals surface area contributed by atoms with Crippen LogP contribution in [0.4, 0.5) is 0 Å². The molecule has 0 radical (unpaired) electrons. The van der Waals surface area contributed by atoms with Crippen molar-refractivity contribution in [2.75, 3.05) is 0 Å². The van der Waals surface area contributed by atoms with E-state index in [1.54, 1.807) is 0 Å². The van der Waals surface area contributed by atoms with Crippen molar-refractivity contribution < 1.29 is 9.90 Å². The van der Waals surface area contributed by atoms with Gasteiger partial charge in [-0.25, -0.2) is 0 Å². The minimum absolute atomic E-state index is 0.0607. The quantitative estimate of drug-likeness (QED) is 0.841. The second-order valence-electron chi connectivity index (χ2n) is 8.02. The maximum absolute atomic E-state index is 12.7. The summed E-state index contributed by atoms with van der Waals surface area (Å²) in [6.07, 6.45) is 7.42. The van der Waals surface area contributed by atoms with Crippen molar-refractivity contribution in [2.24, 2.45) is 11.8 Å². The first kappa shape index (κ1) is 16.3. The van der Waals surface area contributed by atoms with Crippen LogP contribution in [0.3, 0.4) is 0 Å². The Morgan fingerprint density at radius 2 is 1.77 bits per heavy atom. The molecule has 1 amide bonds. The summed E-state index contributed by atoms with van der Waals surface area (Å²) in [7, 11) is 0. The van der Waals surface area contributed by atoms with Gasteiger partial charge in [-0.15, -0.1) is 0 Å². The lowest BCUT2D eigenvalue weighted by Gasteiger charge is -2.41. The monoisotopic (exact) mass is 308 g/mol. The molecule has 2 heterocycles. The van der Waals surface area contributed by atoms with Gasteiger partial charge in [0.2, 0.25) is 5.91 Å². The number of piperidine rings is 1. The van der Waals surface area contributed by atoms with Gasteiger partial charge in [-0.3, -0.25) is 9.69 Å². The van der Waals surface area contributed by atoms with Crippen molar-refractivity contribution in [2.45, 2.75) is 96.0 Å². The van der Waals surface area contributed by atoms with E-state index in [0.717, 1.165) is 32.1 Å². The Labute approximate surface area is 134 Å². The second kappa shape index (κ2) is 6.48. The second-order valence-corrected chi connectivity index (χ2v) is 8.02. The van der Waals surface area contributed by atoms with Crippen LogP contribution in [0.25, 0.3) is 0 Å². The van der Waals surface area contributed by atoms with Crippen LogP contribution < -0.4 is 5.32 Å². The molecular formula is C18H32N2O2. The van der Waals surface area contributed by atoms with Crippen LogP contribution in [0.15, 0.2) is 0 Å². The van der Waals surface area contributed by atoms with E-state index < -0.39 is 0 Å². The average Bonchev–Trinajstić information content (AvgIpc) is 2.75. The Morgan fingerprint density at radius 3 is 2.41 bits per heavy atom. The van der Waals surface area contributed by atoms with E-state index in [2.05, 4.69) is 31.0 Å². The average molecular weight is 308 g/mol. The molecule has 4 heteroatoms. The summed E-state index contributed by atoms with van der Waals surface area (Å²) in [5.74, 6) is 1.47. The molecule has 0 aromatic carbocycles. The third-order valence-electron chi connectivity index (χ3n) is 6.63. The highest BCUT2D eigenvalue weighted by molar-refractivity contribution is 5.81. The Kier molecular flexibility index (Phi) is 4.79. The standard InChI is InChI=1S/C18H32N2O2/c1-11-5-4-6-17(12(11)2)19-18(22)13(3)20-14-7-8-15(20)10-16(21)9-14/h11-17,21H,4-10H2,1-3H3,(H,19,22)/t11-,12-,13-,14+,15+,17+/m1/s1. The number of hydrogen-bond acceptors (Lipinski definition) is 3. The molecule has 3 rings (SSSR count). The number of aliphatic hydroxyl groups excluding tert-OH is 1. The third kappa shape index (κ3) is 3.05. The molecule has 0 unspecified atom stereocenters. The maximum Gasteiger partial charge on any atom is 0.237 e. The molecular weight excluding hydrogens is 276 g/mol. The van der Waals surface area contributed by atoms with Crippen LogP contribution in [0.5, 0.6) is 0 Å². The van der Waals surface area contributed by atoms with Gasteiger partial charge in [0.05, 0.1) is 12.1 Å². The molecule has 2 aliphatic heterocycles. The maximum atomic E-state index is 12.7. The molecule has 1 saturated carbocycles. The van der Waals surface area contributed by atoms with Crippen molar-refractivity contribution >= 4 is 5.91 Å². The van der Waals surface area contributed by atoms with Crippen LogP contribution in [0, 0.1) is 11.8 Å². The minimum atomic E-state index is -0.164. The number of rotatable bonds is 3. The number of fused-ring (bicyclic) bond motifs is 2. The normalized spacial score (nSPS) is 43.8. The topological polar surface area (TPSA) is 52.6 Å². The summed E-state index contributed by atoms with van der Waals surface area (Å²) >= 11 is 0. The molecule has 1 aliphatic carbocycles. The van der Waals surface area contributed by atoms with Gasteiger partial charge in [0.25, 0.3) is 0 Å². The zero-order chi connectivity index (χ0) is 15.9. The highest BCUT2D eigenvalue weighted by Gasteiger charge is 2.44. The lowest BCUT2D eigenvalue weighted by molar-refractivity contribution is -0.130. The van der Waals surface area contributed by atoms with Gasteiger partial charge >= 0.3 is 0 Å². The van der Waals surface area contributed by atoms with E-state index in [9.17, 15) is 9.90 Å². The van der Waals surface area contributed by atoms with Gasteiger partial charge in [0.1, 0.15) is 0 Å². The smallest absolute Gasteiger partial charge is 0.237 e. The molecule has 2 N–H and O–H groups in total. The molecule has 0 spiro atoms. The van der Waals surface area contributed by atoms with E-state index in [4.69, 9.17) is 0 Å². The summed E-state index contributed by atoms with van der Waals surface area (Å²) in [5, 5.41) is 13.3. The lowest BCUT2D eigenvalue weighted by Crippen LogP contribution is -2.56. The number of nitrogens with one attached hydrogen (secondary N) is 1. The molecule has 2 saturated heterocycles. The molecule has 6 atom stereocenters. The first-order chi connectivity index (χ1) is 10.5.